The van der Waals surface area contributed by atoms with E-state index in [1.165, 1.54) is 19.3 Å². The van der Waals surface area contributed by atoms with Gasteiger partial charge in [0.15, 0.2) is 0 Å². The first-order valence-electron chi connectivity index (χ1n) is 9.61. The molecule has 0 spiro atoms. The van der Waals surface area contributed by atoms with Crippen molar-refractivity contribution in [3.8, 4) is 0 Å². The lowest BCUT2D eigenvalue weighted by Crippen LogP contribution is -2.49. The molecule has 0 unspecified atom stereocenters. The Labute approximate surface area is 159 Å². The molecule has 1 amide bonds. The van der Waals surface area contributed by atoms with E-state index in [0.717, 1.165) is 43.6 Å². The first-order chi connectivity index (χ1) is 13.2. The summed E-state index contributed by atoms with van der Waals surface area (Å²) >= 11 is 0. The van der Waals surface area contributed by atoms with Crippen molar-refractivity contribution in [3.63, 3.8) is 0 Å². The fourth-order valence-corrected chi connectivity index (χ4v) is 3.57. The predicted octanol–water partition coefficient (Wildman–Crippen LogP) is 1.53. The summed E-state index contributed by atoms with van der Waals surface area (Å²) in [5.41, 5.74) is 1.22. The zero-order valence-electron chi connectivity index (χ0n) is 15.7. The van der Waals surface area contributed by atoms with Crippen LogP contribution in [0.25, 0.3) is 0 Å². The smallest absolute Gasteiger partial charge is 0.274 e. The van der Waals surface area contributed by atoms with Crippen LogP contribution in [0.3, 0.4) is 0 Å². The number of piperidine rings is 1. The van der Waals surface area contributed by atoms with Crippen molar-refractivity contribution in [1.82, 2.24) is 24.8 Å². The van der Waals surface area contributed by atoms with Gasteiger partial charge in [0.1, 0.15) is 11.5 Å². The van der Waals surface area contributed by atoms with Crippen molar-refractivity contribution in [2.24, 2.45) is 0 Å². The minimum Gasteiger partial charge on any atom is -0.353 e. The van der Waals surface area contributed by atoms with Crippen LogP contribution < -0.4 is 9.80 Å². The van der Waals surface area contributed by atoms with Gasteiger partial charge in [0, 0.05) is 51.7 Å². The minimum absolute atomic E-state index is 0.0566. The highest BCUT2D eigenvalue weighted by molar-refractivity contribution is 5.92. The largest absolute Gasteiger partial charge is 0.353 e. The zero-order chi connectivity index (χ0) is 18.6. The summed E-state index contributed by atoms with van der Waals surface area (Å²) in [5.74, 6) is 1.70. The molecule has 2 aromatic heterocycles. The maximum atomic E-state index is 12.6. The van der Waals surface area contributed by atoms with E-state index in [-0.39, 0.29) is 5.91 Å². The third-order valence-electron chi connectivity index (χ3n) is 5.16. The van der Waals surface area contributed by atoms with Gasteiger partial charge in [-0.25, -0.2) is 9.97 Å². The molecule has 4 heterocycles. The monoisotopic (exact) mass is 367 g/mol. The van der Waals surface area contributed by atoms with E-state index in [2.05, 4.69) is 24.8 Å². The van der Waals surface area contributed by atoms with Crippen molar-refractivity contribution >= 4 is 17.7 Å². The first-order valence-corrected chi connectivity index (χ1v) is 9.61. The lowest BCUT2D eigenvalue weighted by Gasteiger charge is -2.35. The summed E-state index contributed by atoms with van der Waals surface area (Å²) < 4.78 is 0. The molecule has 0 aromatic carbocycles. The summed E-state index contributed by atoms with van der Waals surface area (Å²) in [6.07, 6.45) is 8.72. The highest BCUT2D eigenvalue weighted by atomic mass is 16.2. The van der Waals surface area contributed by atoms with E-state index in [9.17, 15) is 4.79 Å². The van der Waals surface area contributed by atoms with Gasteiger partial charge in [-0.1, -0.05) is 0 Å². The van der Waals surface area contributed by atoms with Gasteiger partial charge in [0.2, 0.25) is 5.95 Å². The lowest BCUT2D eigenvalue weighted by atomic mass is 10.1. The number of anilines is 2. The maximum absolute atomic E-state index is 12.6. The van der Waals surface area contributed by atoms with Crippen LogP contribution in [-0.4, -0.2) is 70.0 Å². The number of nitrogens with zero attached hydrogens (tertiary/aromatic N) is 7. The summed E-state index contributed by atoms with van der Waals surface area (Å²) in [7, 11) is 0. The van der Waals surface area contributed by atoms with Crippen molar-refractivity contribution in [2.45, 2.75) is 26.2 Å². The lowest BCUT2D eigenvalue weighted by molar-refractivity contribution is 0.0740. The van der Waals surface area contributed by atoms with Crippen LogP contribution in [-0.2, 0) is 0 Å². The molecular formula is C19H25N7O. The Morgan fingerprint density at radius 2 is 1.67 bits per heavy atom. The van der Waals surface area contributed by atoms with Crippen molar-refractivity contribution in [1.29, 1.82) is 0 Å². The number of hydrogen-bond acceptors (Lipinski definition) is 7. The number of carbonyl (C=O) groups is 1. The second-order valence-electron chi connectivity index (χ2n) is 7.08. The Kier molecular flexibility index (Phi) is 5.13. The summed E-state index contributed by atoms with van der Waals surface area (Å²) in [6.45, 7) is 6.73. The summed E-state index contributed by atoms with van der Waals surface area (Å²) in [4.78, 5) is 36.5. The molecule has 0 bridgehead atoms. The molecule has 27 heavy (non-hydrogen) atoms. The number of aryl methyl sites for hydroxylation is 1. The third-order valence-corrected chi connectivity index (χ3v) is 5.16. The first kappa shape index (κ1) is 17.6. The Hall–Kier alpha value is -2.77. The average molecular weight is 367 g/mol. The maximum Gasteiger partial charge on any atom is 0.274 e. The average Bonchev–Trinajstić information content (AvgIpc) is 2.75. The van der Waals surface area contributed by atoms with E-state index < -0.39 is 0 Å². The van der Waals surface area contributed by atoms with Crippen LogP contribution in [0.2, 0.25) is 0 Å². The molecule has 0 radical (unpaired) electrons. The van der Waals surface area contributed by atoms with Crippen LogP contribution in [0.15, 0.2) is 24.7 Å². The van der Waals surface area contributed by atoms with Gasteiger partial charge in [-0.15, -0.1) is 0 Å². The molecule has 0 N–H and O–H groups in total. The molecule has 2 saturated heterocycles. The predicted molar refractivity (Wildman–Crippen MR) is 103 cm³/mol. The number of piperazine rings is 1. The molecule has 0 atom stereocenters. The quantitative estimate of drug-likeness (QED) is 0.814. The number of carbonyl (C=O) groups excluding carboxylic acids is 1. The third kappa shape index (κ3) is 3.99. The van der Waals surface area contributed by atoms with Crippen LogP contribution in [0.4, 0.5) is 11.8 Å². The molecule has 2 aliphatic heterocycles. The number of hydrogen-bond donors (Lipinski definition) is 0. The van der Waals surface area contributed by atoms with E-state index in [4.69, 9.17) is 4.98 Å². The molecule has 8 nitrogen and oxygen atoms in total. The minimum atomic E-state index is -0.0566. The number of aromatic nitrogens is 4. The fraction of sp³-hybridized carbons (Fsp3) is 0.526. The van der Waals surface area contributed by atoms with Crippen LogP contribution in [0, 0.1) is 6.92 Å². The highest BCUT2D eigenvalue weighted by Crippen LogP contribution is 2.20. The second kappa shape index (κ2) is 7.85. The van der Waals surface area contributed by atoms with E-state index in [0.29, 0.717) is 18.8 Å². The van der Waals surface area contributed by atoms with Crippen molar-refractivity contribution in [3.05, 3.63) is 36.0 Å². The Morgan fingerprint density at radius 3 is 2.37 bits per heavy atom. The number of rotatable bonds is 3. The molecular weight excluding hydrogens is 342 g/mol. The summed E-state index contributed by atoms with van der Waals surface area (Å²) in [5, 5.41) is 0. The normalized spacial score (nSPS) is 17.9. The topological polar surface area (TPSA) is 78.4 Å². The van der Waals surface area contributed by atoms with Gasteiger partial charge in [0.25, 0.3) is 5.91 Å². The van der Waals surface area contributed by atoms with E-state index in [1.807, 2.05) is 24.1 Å². The Morgan fingerprint density at radius 1 is 0.889 bits per heavy atom. The highest BCUT2D eigenvalue weighted by Gasteiger charge is 2.24. The van der Waals surface area contributed by atoms with Crippen LogP contribution in [0.5, 0.6) is 0 Å². The van der Waals surface area contributed by atoms with E-state index >= 15 is 0 Å². The SMILES string of the molecule is Cc1cnc(C(=O)N2CCN(c3ccnc(N4CCCCC4)n3)CC2)cn1. The van der Waals surface area contributed by atoms with Gasteiger partial charge >= 0.3 is 0 Å². The van der Waals surface area contributed by atoms with Gasteiger partial charge in [-0.2, -0.15) is 4.98 Å². The molecule has 2 fully saturated rings. The summed E-state index contributed by atoms with van der Waals surface area (Å²) in [6, 6.07) is 1.95. The van der Waals surface area contributed by atoms with Gasteiger partial charge in [-0.3, -0.25) is 9.78 Å². The molecule has 0 saturated carbocycles. The van der Waals surface area contributed by atoms with Crippen LogP contribution >= 0.6 is 0 Å². The zero-order valence-corrected chi connectivity index (χ0v) is 15.7. The Bertz CT molecular complexity index is 781. The van der Waals surface area contributed by atoms with Crippen molar-refractivity contribution < 1.29 is 4.79 Å². The molecule has 142 valence electrons. The van der Waals surface area contributed by atoms with Gasteiger partial charge in [0.05, 0.1) is 11.9 Å². The fourth-order valence-electron chi connectivity index (χ4n) is 3.57. The second-order valence-corrected chi connectivity index (χ2v) is 7.08. The van der Waals surface area contributed by atoms with Gasteiger partial charge in [-0.05, 0) is 32.3 Å². The van der Waals surface area contributed by atoms with E-state index in [1.54, 1.807) is 12.4 Å². The molecule has 2 aromatic rings. The standard InChI is InChI=1S/C19H25N7O/c1-15-13-22-16(14-21-15)18(27)25-11-9-24(10-12-25)17-5-6-20-19(23-17)26-7-3-2-4-8-26/h5-6,13-14H,2-4,7-12H2,1H3. The molecule has 8 heteroatoms. The molecule has 0 aliphatic carbocycles. The Balaban J connectivity index is 1.39. The molecule has 2 aliphatic rings. The van der Waals surface area contributed by atoms with Crippen molar-refractivity contribution in [2.75, 3.05) is 49.1 Å². The van der Waals surface area contributed by atoms with Gasteiger partial charge < -0.3 is 14.7 Å². The molecule has 4 rings (SSSR count). The number of amides is 1. The van der Waals surface area contributed by atoms with Crippen LogP contribution in [0.1, 0.15) is 35.4 Å².